The average molecular weight is 474 g/mol. The molecular weight excluding hydrogens is 442 g/mol. The molecule has 8 heteroatoms. The molecule has 4 fully saturated rings. The van der Waals surface area contributed by atoms with Crippen molar-refractivity contribution in [3.8, 4) is 17.0 Å². The number of amides is 1. The van der Waals surface area contributed by atoms with Crippen LogP contribution in [0.2, 0.25) is 0 Å². The smallest absolute Gasteiger partial charge is 0.289 e. The summed E-state index contributed by atoms with van der Waals surface area (Å²) in [5.41, 5.74) is 1.72. The zero-order valence-corrected chi connectivity index (χ0v) is 20.1. The lowest BCUT2D eigenvalue weighted by atomic mass is 9.96. The topological polar surface area (TPSA) is 85.9 Å². The maximum absolute atomic E-state index is 12.5. The molecule has 5 heterocycles. The van der Waals surface area contributed by atoms with Crippen molar-refractivity contribution < 1.29 is 14.3 Å². The van der Waals surface area contributed by atoms with Gasteiger partial charge in [0.1, 0.15) is 11.3 Å². The molecule has 0 radical (unpaired) electrons. The minimum Gasteiger partial charge on any atom is -0.507 e. The van der Waals surface area contributed by atoms with Gasteiger partial charge in [-0.05, 0) is 82.3 Å². The van der Waals surface area contributed by atoms with E-state index in [1.165, 1.54) is 38.5 Å². The fraction of sp³-hybridized carbons (Fsp3) is 0.519. The number of piperidine rings is 1. The number of anilines is 1. The van der Waals surface area contributed by atoms with E-state index in [1.54, 1.807) is 23.1 Å². The molecule has 1 N–H and O–H groups in total. The Bertz CT molecular complexity index is 1270. The Hall–Kier alpha value is -3.13. The van der Waals surface area contributed by atoms with Gasteiger partial charge in [-0.3, -0.25) is 4.79 Å². The van der Waals surface area contributed by atoms with Gasteiger partial charge in [0.05, 0.1) is 5.69 Å². The number of aromatic hydroxyl groups is 1. The van der Waals surface area contributed by atoms with Gasteiger partial charge in [0.25, 0.3) is 5.91 Å². The minimum absolute atomic E-state index is 0.0971. The summed E-state index contributed by atoms with van der Waals surface area (Å²) >= 11 is 0. The number of rotatable bonds is 5. The molecule has 3 aliphatic heterocycles. The van der Waals surface area contributed by atoms with Crippen LogP contribution >= 0.6 is 0 Å². The Kier molecular flexibility index (Phi) is 4.81. The first-order valence-corrected chi connectivity index (χ1v) is 13.0. The third-order valence-electron chi connectivity index (χ3n) is 8.59. The monoisotopic (exact) mass is 473 g/mol. The first-order valence-electron chi connectivity index (χ1n) is 13.0. The fourth-order valence-electron chi connectivity index (χ4n) is 6.30. The molecule has 2 unspecified atom stereocenters. The lowest BCUT2D eigenvalue weighted by Gasteiger charge is -2.42. The molecule has 8 nitrogen and oxygen atoms in total. The number of fused-ring (bicyclic) bond motifs is 3. The molecule has 182 valence electrons. The Morgan fingerprint density at radius 2 is 1.80 bits per heavy atom. The van der Waals surface area contributed by atoms with Gasteiger partial charge < -0.3 is 24.2 Å². The van der Waals surface area contributed by atoms with Gasteiger partial charge in [0, 0.05) is 48.2 Å². The summed E-state index contributed by atoms with van der Waals surface area (Å²) in [6.45, 7) is 1.54. The number of carbonyl (C=O) groups excluding carboxylic acids is 1. The second kappa shape index (κ2) is 7.95. The molecule has 2 aromatic heterocycles. The van der Waals surface area contributed by atoms with E-state index in [0.29, 0.717) is 52.2 Å². The Morgan fingerprint density at radius 1 is 1.03 bits per heavy atom. The summed E-state index contributed by atoms with van der Waals surface area (Å²) in [5, 5.41) is 20.6. The number of nitrogens with zero attached hydrogens (tertiary/aromatic N) is 5. The number of likely N-dealkylation sites (tertiary alicyclic amines) is 1. The van der Waals surface area contributed by atoms with Crippen LogP contribution in [0.4, 0.5) is 5.82 Å². The van der Waals surface area contributed by atoms with Crippen LogP contribution in [0.25, 0.3) is 22.2 Å². The number of phenols is 1. The molecule has 3 aromatic rings. The third kappa shape index (κ3) is 3.57. The van der Waals surface area contributed by atoms with Crippen molar-refractivity contribution in [3.05, 3.63) is 36.1 Å². The standard InChI is InChI=1S/C27H31N5O3/c1-30-18-5-6-19(30)14-20(13-18)32(17-3-4-17)26-8-7-22(28-29-26)21-15-24-16(11-23(21)33)12-25(35-24)27(34)31-9-2-10-31/h7-8,11-12,15,17-20,33H,2-6,9-10,13-14H2,1H3. The van der Waals surface area contributed by atoms with Crippen LogP contribution < -0.4 is 4.90 Å². The van der Waals surface area contributed by atoms with Gasteiger partial charge in [0.15, 0.2) is 11.6 Å². The Balaban J connectivity index is 1.16. The normalized spacial score (nSPS) is 26.2. The van der Waals surface area contributed by atoms with Crippen molar-refractivity contribution in [3.63, 3.8) is 0 Å². The van der Waals surface area contributed by atoms with E-state index in [1.807, 2.05) is 12.1 Å². The number of furan rings is 1. The van der Waals surface area contributed by atoms with Gasteiger partial charge >= 0.3 is 0 Å². The number of phenolic OH excluding ortho intramolecular Hbond substituents is 1. The first kappa shape index (κ1) is 21.2. The van der Waals surface area contributed by atoms with Crippen LogP contribution in [0.1, 0.15) is 55.5 Å². The maximum Gasteiger partial charge on any atom is 0.289 e. The second-order valence-corrected chi connectivity index (χ2v) is 10.8. The molecule has 1 aromatic carbocycles. The average Bonchev–Trinajstić information content (AvgIpc) is 3.53. The van der Waals surface area contributed by atoms with Crippen LogP contribution in [-0.4, -0.2) is 75.3 Å². The highest BCUT2D eigenvalue weighted by Crippen LogP contribution is 2.42. The van der Waals surface area contributed by atoms with Crippen molar-refractivity contribution in [2.24, 2.45) is 0 Å². The quantitative estimate of drug-likeness (QED) is 0.599. The van der Waals surface area contributed by atoms with Gasteiger partial charge in [-0.25, -0.2) is 0 Å². The van der Waals surface area contributed by atoms with Crippen LogP contribution in [-0.2, 0) is 0 Å². The molecule has 0 spiro atoms. The van der Waals surface area contributed by atoms with E-state index in [0.717, 1.165) is 25.3 Å². The molecule has 1 aliphatic carbocycles. The van der Waals surface area contributed by atoms with E-state index < -0.39 is 0 Å². The Morgan fingerprint density at radius 3 is 2.43 bits per heavy atom. The van der Waals surface area contributed by atoms with E-state index in [4.69, 9.17) is 4.42 Å². The number of hydrogen-bond donors (Lipinski definition) is 1. The van der Waals surface area contributed by atoms with Gasteiger partial charge in [-0.2, -0.15) is 0 Å². The summed E-state index contributed by atoms with van der Waals surface area (Å²) in [6.07, 6.45) is 8.48. The lowest BCUT2D eigenvalue weighted by Crippen LogP contribution is -2.50. The summed E-state index contributed by atoms with van der Waals surface area (Å²) in [5.74, 6) is 1.26. The number of benzene rings is 1. The number of hydrogen-bond acceptors (Lipinski definition) is 7. The van der Waals surface area contributed by atoms with E-state index in [-0.39, 0.29) is 11.7 Å². The van der Waals surface area contributed by atoms with Crippen molar-refractivity contribution >= 4 is 22.7 Å². The second-order valence-electron chi connectivity index (χ2n) is 10.8. The number of carbonyl (C=O) groups is 1. The summed E-state index contributed by atoms with van der Waals surface area (Å²) in [7, 11) is 2.28. The summed E-state index contributed by atoms with van der Waals surface area (Å²) < 4.78 is 5.86. The largest absolute Gasteiger partial charge is 0.507 e. The molecule has 3 saturated heterocycles. The van der Waals surface area contributed by atoms with Crippen molar-refractivity contribution in [2.45, 2.75) is 69.1 Å². The molecule has 4 aliphatic rings. The maximum atomic E-state index is 12.5. The SMILES string of the molecule is CN1C2CCC1CC(N(c1ccc(-c3cc4oc(C(=O)N5CCC5)cc4cc3O)nn1)C1CC1)C2. The molecule has 2 atom stereocenters. The predicted octanol–water partition coefficient (Wildman–Crippen LogP) is 4.04. The molecular formula is C27H31N5O3. The highest BCUT2D eigenvalue weighted by molar-refractivity contribution is 5.97. The molecule has 1 saturated carbocycles. The summed E-state index contributed by atoms with van der Waals surface area (Å²) in [6, 6.07) is 11.5. The Labute approximate surface area is 204 Å². The zero-order chi connectivity index (χ0) is 23.7. The molecule has 7 rings (SSSR count). The molecule has 35 heavy (non-hydrogen) atoms. The number of aromatic nitrogens is 2. The highest BCUT2D eigenvalue weighted by Gasteiger charge is 2.44. The highest BCUT2D eigenvalue weighted by atomic mass is 16.3. The van der Waals surface area contributed by atoms with Crippen LogP contribution in [0.5, 0.6) is 5.75 Å². The minimum atomic E-state index is -0.0971. The van der Waals surface area contributed by atoms with Crippen LogP contribution in [0.3, 0.4) is 0 Å². The van der Waals surface area contributed by atoms with Gasteiger partial charge in [-0.1, -0.05) is 0 Å². The molecule has 2 bridgehead atoms. The van der Waals surface area contributed by atoms with Gasteiger partial charge in [0.2, 0.25) is 0 Å². The van der Waals surface area contributed by atoms with Crippen molar-refractivity contribution in [1.82, 2.24) is 20.0 Å². The predicted molar refractivity (Wildman–Crippen MR) is 133 cm³/mol. The van der Waals surface area contributed by atoms with Crippen LogP contribution in [0, 0.1) is 0 Å². The van der Waals surface area contributed by atoms with Crippen LogP contribution in [0.15, 0.2) is 34.7 Å². The third-order valence-corrected chi connectivity index (χ3v) is 8.59. The van der Waals surface area contributed by atoms with Crippen molar-refractivity contribution in [2.75, 3.05) is 25.0 Å². The fourth-order valence-corrected chi connectivity index (χ4v) is 6.30. The van der Waals surface area contributed by atoms with Gasteiger partial charge in [-0.15, -0.1) is 10.2 Å². The van der Waals surface area contributed by atoms with E-state index in [9.17, 15) is 9.90 Å². The molecule has 1 amide bonds. The van der Waals surface area contributed by atoms with E-state index in [2.05, 4.69) is 27.0 Å². The van der Waals surface area contributed by atoms with E-state index >= 15 is 0 Å². The zero-order valence-electron chi connectivity index (χ0n) is 20.1. The van der Waals surface area contributed by atoms with Crippen molar-refractivity contribution in [1.29, 1.82) is 0 Å². The lowest BCUT2D eigenvalue weighted by molar-refractivity contribution is 0.0621. The first-order chi connectivity index (χ1) is 17.0. The summed E-state index contributed by atoms with van der Waals surface area (Å²) in [4.78, 5) is 19.4.